The molecule has 1 fully saturated rings. The van der Waals surface area contributed by atoms with E-state index in [1.165, 1.54) is 11.8 Å². The Morgan fingerprint density at radius 2 is 2.00 bits per heavy atom. The van der Waals surface area contributed by atoms with Crippen molar-refractivity contribution >= 4 is 50.0 Å². The molecule has 11 heteroatoms. The number of carbonyl (C=O) groups is 1. The van der Waals surface area contributed by atoms with Crippen LogP contribution in [0.15, 0.2) is 41.4 Å². The van der Waals surface area contributed by atoms with E-state index in [0.717, 1.165) is 5.56 Å². The van der Waals surface area contributed by atoms with Crippen molar-refractivity contribution in [3.05, 3.63) is 52.5 Å². The van der Waals surface area contributed by atoms with Gasteiger partial charge in [0.25, 0.3) is 5.91 Å². The zero-order valence-corrected chi connectivity index (χ0v) is 18.5. The first kappa shape index (κ1) is 20.5. The molecule has 2 atom stereocenters. The Bertz CT molecular complexity index is 1200. The largest absolute Gasteiger partial charge is 0.454 e. The Hall–Kier alpha value is -2.43. The Morgan fingerprint density at radius 3 is 2.84 bits per heavy atom. The third-order valence-electron chi connectivity index (χ3n) is 5.18. The molecule has 0 unspecified atom stereocenters. The van der Waals surface area contributed by atoms with Crippen LogP contribution in [0.4, 0.5) is 5.69 Å². The Labute approximate surface area is 188 Å². The highest BCUT2D eigenvalue weighted by atomic mass is 35.5. The van der Waals surface area contributed by atoms with Crippen molar-refractivity contribution in [2.24, 2.45) is 4.99 Å². The monoisotopic (exact) mass is 479 g/mol. The summed E-state index contributed by atoms with van der Waals surface area (Å²) in [4.78, 5) is 17.1. The fourth-order valence-corrected chi connectivity index (χ4v) is 7.46. The maximum absolute atomic E-state index is 12.6. The number of benzene rings is 2. The molecule has 31 heavy (non-hydrogen) atoms. The first-order valence-corrected chi connectivity index (χ1v) is 12.6. The summed E-state index contributed by atoms with van der Waals surface area (Å²) in [6.45, 7) is 0.536. The van der Waals surface area contributed by atoms with E-state index in [-0.39, 0.29) is 35.5 Å². The summed E-state index contributed by atoms with van der Waals surface area (Å²) < 4.78 is 34.1. The first-order chi connectivity index (χ1) is 14.9. The first-order valence-electron chi connectivity index (χ1n) is 9.54. The standard InChI is InChI=1S/C20H18ClN3O5S2/c21-13-3-2-12(19(25)22-7-11-1-4-16-17(5-11)29-10-28-16)6-14(13)23-20-24-15-8-31(26,27)9-18(15)30-20/h1-6,15,18H,7-10H2,(H,22,25)(H,23,24)/t15-,18+/m0/s1. The number of carbonyl (C=O) groups excluding carboxylic acids is 1. The predicted molar refractivity (Wildman–Crippen MR) is 120 cm³/mol. The Morgan fingerprint density at radius 1 is 1.16 bits per heavy atom. The van der Waals surface area contributed by atoms with Crippen molar-refractivity contribution < 1.29 is 22.7 Å². The number of hydrogen-bond acceptors (Lipinski definition) is 8. The lowest BCUT2D eigenvalue weighted by Gasteiger charge is -2.11. The second-order valence-electron chi connectivity index (χ2n) is 7.42. The lowest BCUT2D eigenvalue weighted by Crippen LogP contribution is -2.23. The number of amides is 1. The van der Waals surface area contributed by atoms with E-state index in [2.05, 4.69) is 15.6 Å². The highest BCUT2D eigenvalue weighted by Crippen LogP contribution is 2.36. The molecule has 2 N–H and O–H groups in total. The molecule has 0 aliphatic carbocycles. The molecule has 0 radical (unpaired) electrons. The van der Waals surface area contributed by atoms with Gasteiger partial charge in [-0.05, 0) is 35.9 Å². The van der Waals surface area contributed by atoms with Crippen LogP contribution in [0.5, 0.6) is 11.5 Å². The molecule has 0 spiro atoms. The van der Waals surface area contributed by atoms with Gasteiger partial charge in [0.15, 0.2) is 26.5 Å². The van der Waals surface area contributed by atoms with Gasteiger partial charge in [0.05, 0.1) is 28.3 Å². The number of hydrogen-bond donors (Lipinski definition) is 2. The number of halogens is 1. The van der Waals surface area contributed by atoms with Crippen LogP contribution in [0.3, 0.4) is 0 Å². The number of ether oxygens (including phenoxy) is 2. The number of fused-ring (bicyclic) bond motifs is 2. The number of anilines is 1. The zero-order chi connectivity index (χ0) is 21.6. The average molecular weight is 480 g/mol. The van der Waals surface area contributed by atoms with Crippen LogP contribution in [-0.4, -0.2) is 49.1 Å². The van der Waals surface area contributed by atoms with E-state index >= 15 is 0 Å². The smallest absolute Gasteiger partial charge is 0.251 e. The summed E-state index contributed by atoms with van der Waals surface area (Å²) in [7, 11) is -3.01. The van der Waals surface area contributed by atoms with Gasteiger partial charge in [0.2, 0.25) is 6.79 Å². The molecule has 0 aromatic heterocycles. The molecular weight excluding hydrogens is 462 g/mol. The summed E-state index contributed by atoms with van der Waals surface area (Å²) in [5.74, 6) is 1.32. The van der Waals surface area contributed by atoms with E-state index in [4.69, 9.17) is 21.1 Å². The molecule has 3 heterocycles. The molecule has 0 saturated carbocycles. The molecule has 3 aliphatic rings. The van der Waals surface area contributed by atoms with Gasteiger partial charge >= 0.3 is 0 Å². The third kappa shape index (κ3) is 4.32. The number of nitrogens with zero attached hydrogens (tertiary/aromatic N) is 1. The summed E-state index contributed by atoms with van der Waals surface area (Å²) >= 11 is 7.69. The van der Waals surface area contributed by atoms with Crippen molar-refractivity contribution in [2.45, 2.75) is 17.8 Å². The van der Waals surface area contributed by atoms with Gasteiger partial charge in [-0.1, -0.05) is 29.4 Å². The van der Waals surface area contributed by atoms with Gasteiger partial charge in [-0.25, -0.2) is 8.42 Å². The Kier molecular flexibility index (Phi) is 5.23. The minimum absolute atomic E-state index is 0.0699. The lowest BCUT2D eigenvalue weighted by molar-refractivity contribution is 0.0951. The van der Waals surface area contributed by atoms with Crippen LogP contribution < -0.4 is 20.1 Å². The van der Waals surface area contributed by atoms with Crippen LogP contribution in [0.25, 0.3) is 0 Å². The van der Waals surface area contributed by atoms with Crippen molar-refractivity contribution in [3.8, 4) is 11.5 Å². The number of thioether (sulfide) groups is 1. The number of nitrogens with one attached hydrogen (secondary N) is 2. The van der Waals surface area contributed by atoms with Crippen LogP contribution in [0.1, 0.15) is 15.9 Å². The molecule has 1 amide bonds. The van der Waals surface area contributed by atoms with E-state index < -0.39 is 9.84 Å². The number of aliphatic imine (C=N–C) groups is 1. The van der Waals surface area contributed by atoms with Crippen molar-refractivity contribution in [1.29, 1.82) is 0 Å². The molecule has 5 rings (SSSR count). The van der Waals surface area contributed by atoms with Gasteiger partial charge in [0, 0.05) is 17.4 Å². The summed E-state index contributed by atoms with van der Waals surface area (Å²) in [5.41, 5.74) is 1.88. The molecule has 162 valence electrons. The molecule has 1 saturated heterocycles. The second-order valence-corrected chi connectivity index (χ2v) is 11.2. The zero-order valence-electron chi connectivity index (χ0n) is 16.1. The normalized spacial score (nSPS) is 22.7. The van der Waals surface area contributed by atoms with Crippen LogP contribution >= 0.6 is 23.4 Å². The molecule has 2 aromatic rings. The summed E-state index contributed by atoms with van der Waals surface area (Å²) in [6.07, 6.45) is 0. The van der Waals surface area contributed by atoms with Crippen LogP contribution in [0, 0.1) is 0 Å². The number of rotatable bonds is 4. The van der Waals surface area contributed by atoms with E-state index in [0.29, 0.717) is 39.5 Å². The predicted octanol–water partition coefficient (Wildman–Crippen LogP) is 2.68. The fraction of sp³-hybridized carbons (Fsp3) is 0.300. The molecule has 0 bridgehead atoms. The van der Waals surface area contributed by atoms with Gasteiger partial charge in [-0.2, -0.15) is 0 Å². The minimum Gasteiger partial charge on any atom is -0.454 e. The van der Waals surface area contributed by atoms with Gasteiger partial charge in [0.1, 0.15) is 0 Å². The van der Waals surface area contributed by atoms with Crippen LogP contribution in [0.2, 0.25) is 5.02 Å². The van der Waals surface area contributed by atoms with Gasteiger partial charge < -0.3 is 20.1 Å². The summed E-state index contributed by atoms with van der Waals surface area (Å²) in [5, 5.41) is 7.01. The number of sulfone groups is 1. The van der Waals surface area contributed by atoms with Crippen molar-refractivity contribution in [2.75, 3.05) is 23.6 Å². The topological polar surface area (TPSA) is 106 Å². The molecule has 8 nitrogen and oxygen atoms in total. The average Bonchev–Trinajstić information content (AvgIpc) is 3.39. The van der Waals surface area contributed by atoms with Crippen molar-refractivity contribution in [3.63, 3.8) is 0 Å². The maximum atomic E-state index is 12.6. The quantitative estimate of drug-likeness (QED) is 0.694. The van der Waals surface area contributed by atoms with Gasteiger partial charge in [-0.15, -0.1) is 0 Å². The Balaban J connectivity index is 1.25. The highest BCUT2D eigenvalue weighted by molar-refractivity contribution is 8.15. The summed E-state index contributed by atoms with van der Waals surface area (Å²) in [6, 6.07) is 10.2. The molecular formula is C20H18ClN3O5S2. The SMILES string of the molecule is O=C(NCc1ccc2c(c1)OCO2)c1ccc(Cl)c(NC2=N[C@H]3CS(=O)(=O)C[C@H]3S2)c1. The number of amidine groups is 1. The third-order valence-corrected chi connectivity index (χ3v) is 8.65. The minimum atomic E-state index is -3.01. The molecule has 3 aliphatic heterocycles. The highest BCUT2D eigenvalue weighted by Gasteiger charge is 2.42. The van der Waals surface area contributed by atoms with E-state index in [9.17, 15) is 13.2 Å². The van der Waals surface area contributed by atoms with E-state index in [1.807, 2.05) is 18.2 Å². The fourth-order valence-electron chi connectivity index (χ4n) is 3.63. The van der Waals surface area contributed by atoms with Gasteiger partial charge in [-0.3, -0.25) is 9.79 Å². The lowest BCUT2D eigenvalue weighted by atomic mass is 10.1. The molecule has 2 aromatic carbocycles. The second kappa shape index (κ2) is 7.92. The van der Waals surface area contributed by atoms with E-state index in [1.54, 1.807) is 18.2 Å². The van der Waals surface area contributed by atoms with Crippen LogP contribution in [-0.2, 0) is 16.4 Å². The van der Waals surface area contributed by atoms with Crippen molar-refractivity contribution in [1.82, 2.24) is 5.32 Å². The maximum Gasteiger partial charge on any atom is 0.251 e.